The SMILES string of the molecule is CC1(C)CCC(C)(C)c2cc3c(cc21)c1ccc2c4ccccc4n(-c4cccc5c4sc4ccccc45)c2c1n3-c1ccccc1. The van der Waals surface area contributed by atoms with Crippen molar-refractivity contribution in [3.8, 4) is 11.4 Å². The maximum absolute atomic E-state index is 2.57. The summed E-state index contributed by atoms with van der Waals surface area (Å²) in [5.74, 6) is 0. The first-order valence-electron chi connectivity index (χ1n) is 16.8. The molecule has 0 N–H and O–H groups in total. The van der Waals surface area contributed by atoms with Gasteiger partial charge in [-0.05, 0) is 77.3 Å². The average molecular weight is 625 g/mol. The Morgan fingerprint density at radius 2 is 1.11 bits per heavy atom. The average Bonchev–Trinajstić information content (AvgIpc) is 3.74. The summed E-state index contributed by atoms with van der Waals surface area (Å²) in [5.41, 5.74) is 10.8. The van der Waals surface area contributed by atoms with Crippen molar-refractivity contribution in [1.29, 1.82) is 0 Å². The smallest absolute Gasteiger partial charge is 0.0789 e. The molecule has 228 valence electrons. The first-order valence-corrected chi connectivity index (χ1v) is 17.6. The fourth-order valence-electron chi connectivity index (χ4n) is 8.61. The van der Waals surface area contributed by atoms with Crippen molar-refractivity contribution in [3.05, 3.63) is 132 Å². The molecule has 0 amide bonds. The lowest BCUT2D eigenvalue weighted by Gasteiger charge is -2.42. The number of rotatable bonds is 2. The van der Waals surface area contributed by atoms with E-state index < -0.39 is 0 Å². The van der Waals surface area contributed by atoms with E-state index in [1.54, 1.807) is 0 Å². The Bertz CT molecular complexity index is 2730. The van der Waals surface area contributed by atoms with Gasteiger partial charge in [-0.15, -0.1) is 11.3 Å². The van der Waals surface area contributed by atoms with Gasteiger partial charge in [-0.1, -0.05) is 107 Å². The van der Waals surface area contributed by atoms with Crippen LogP contribution in [0.15, 0.2) is 121 Å². The number of fused-ring (bicyclic) bond motifs is 11. The topological polar surface area (TPSA) is 9.86 Å². The first kappa shape index (κ1) is 27.3. The molecule has 0 bridgehead atoms. The summed E-state index contributed by atoms with van der Waals surface area (Å²) in [7, 11) is 0. The molecule has 0 saturated carbocycles. The Balaban J connectivity index is 1.45. The number of hydrogen-bond acceptors (Lipinski definition) is 1. The molecule has 3 aromatic heterocycles. The Labute approximate surface area is 278 Å². The summed E-state index contributed by atoms with van der Waals surface area (Å²) in [4.78, 5) is 0. The van der Waals surface area contributed by atoms with Crippen LogP contribution in [0.3, 0.4) is 0 Å². The minimum atomic E-state index is 0.123. The fraction of sp³-hybridized carbons (Fsp3) is 0.182. The summed E-state index contributed by atoms with van der Waals surface area (Å²) >= 11 is 1.90. The second kappa shape index (κ2) is 9.36. The van der Waals surface area contributed by atoms with Crippen LogP contribution in [-0.4, -0.2) is 9.13 Å². The molecule has 1 aliphatic rings. The lowest BCUT2D eigenvalue weighted by Crippen LogP contribution is -2.33. The molecule has 47 heavy (non-hydrogen) atoms. The summed E-state index contributed by atoms with van der Waals surface area (Å²) < 4.78 is 7.78. The summed E-state index contributed by atoms with van der Waals surface area (Å²) in [6.07, 6.45) is 2.40. The van der Waals surface area contributed by atoms with Gasteiger partial charge >= 0.3 is 0 Å². The van der Waals surface area contributed by atoms with Crippen LogP contribution in [0.2, 0.25) is 0 Å². The van der Waals surface area contributed by atoms with Crippen LogP contribution in [0.25, 0.3) is 75.2 Å². The predicted octanol–water partition coefficient (Wildman–Crippen LogP) is 12.6. The molecule has 9 aromatic rings. The van der Waals surface area contributed by atoms with E-state index in [1.807, 2.05) is 11.3 Å². The highest BCUT2D eigenvalue weighted by Crippen LogP contribution is 2.50. The summed E-state index contributed by atoms with van der Waals surface area (Å²) in [5, 5.41) is 7.88. The highest BCUT2D eigenvalue weighted by molar-refractivity contribution is 7.26. The maximum atomic E-state index is 2.57. The molecule has 0 radical (unpaired) electrons. The highest BCUT2D eigenvalue weighted by Gasteiger charge is 2.38. The Morgan fingerprint density at radius 3 is 1.89 bits per heavy atom. The van der Waals surface area contributed by atoms with E-state index in [0.717, 1.165) is 0 Å². The van der Waals surface area contributed by atoms with E-state index in [1.165, 1.54) is 99.1 Å². The Kier molecular flexibility index (Phi) is 5.43. The van der Waals surface area contributed by atoms with E-state index in [4.69, 9.17) is 0 Å². The third kappa shape index (κ3) is 3.66. The number of nitrogens with zero attached hydrogens (tertiary/aromatic N) is 2. The van der Waals surface area contributed by atoms with Gasteiger partial charge in [-0.2, -0.15) is 0 Å². The van der Waals surface area contributed by atoms with Gasteiger partial charge in [0.05, 0.1) is 32.5 Å². The lowest BCUT2D eigenvalue weighted by molar-refractivity contribution is 0.332. The van der Waals surface area contributed by atoms with Crippen molar-refractivity contribution < 1.29 is 0 Å². The summed E-state index contributed by atoms with van der Waals surface area (Å²) in [6.45, 7) is 9.74. The number of benzene rings is 6. The van der Waals surface area contributed by atoms with Crippen LogP contribution in [0.1, 0.15) is 51.7 Å². The highest BCUT2D eigenvalue weighted by atomic mass is 32.1. The third-order valence-electron chi connectivity index (χ3n) is 11.2. The molecule has 0 aliphatic heterocycles. The standard InChI is InChI=1S/C44H36N2S/c1-43(2)23-24-44(3,4)35-26-38-33(25-34(35)43)31-22-21-30-28-15-8-10-18-36(28)46(41(30)40(31)45(38)27-13-6-5-7-14-27)37-19-12-17-32-29-16-9-11-20-39(29)47-42(32)37/h5-22,25-26H,23-24H2,1-4H3. The van der Waals surface area contributed by atoms with Gasteiger partial charge in [-0.25, -0.2) is 0 Å². The van der Waals surface area contributed by atoms with Crippen LogP contribution >= 0.6 is 11.3 Å². The zero-order valence-electron chi connectivity index (χ0n) is 27.3. The largest absolute Gasteiger partial charge is 0.307 e. The second-order valence-electron chi connectivity index (χ2n) is 14.8. The minimum absolute atomic E-state index is 0.123. The molecular weight excluding hydrogens is 589 g/mol. The maximum Gasteiger partial charge on any atom is 0.0789 e. The normalized spacial score (nSPS) is 15.8. The van der Waals surface area contributed by atoms with Gasteiger partial charge in [0.2, 0.25) is 0 Å². The van der Waals surface area contributed by atoms with Gasteiger partial charge < -0.3 is 9.13 Å². The number of aromatic nitrogens is 2. The van der Waals surface area contributed by atoms with Gasteiger partial charge in [0.25, 0.3) is 0 Å². The van der Waals surface area contributed by atoms with Crippen molar-refractivity contribution in [3.63, 3.8) is 0 Å². The van der Waals surface area contributed by atoms with Gasteiger partial charge in [0.15, 0.2) is 0 Å². The number of para-hydroxylation sites is 2. The molecule has 0 saturated heterocycles. The lowest BCUT2D eigenvalue weighted by atomic mass is 9.63. The zero-order chi connectivity index (χ0) is 31.7. The second-order valence-corrected chi connectivity index (χ2v) is 15.9. The van der Waals surface area contributed by atoms with E-state index in [0.29, 0.717) is 0 Å². The third-order valence-corrected chi connectivity index (χ3v) is 12.4. The Morgan fingerprint density at radius 1 is 0.489 bits per heavy atom. The van der Waals surface area contributed by atoms with E-state index in [9.17, 15) is 0 Å². The molecule has 0 spiro atoms. The van der Waals surface area contributed by atoms with Crippen LogP contribution in [0.5, 0.6) is 0 Å². The van der Waals surface area contributed by atoms with Gasteiger partial charge in [0.1, 0.15) is 0 Å². The molecule has 1 aliphatic carbocycles. The first-order chi connectivity index (χ1) is 22.8. The molecule has 10 rings (SSSR count). The van der Waals surface area contributed by atoms with Crippen LogP contribution in [-0.2, 0) is 10.8 Å². The Hall–Kier alpha value is -4.86. The molecule has 0 unspecified atom stereocenters. The van der Waals surface area contributed by atoms with Crippen molar-refractivity contribution in [2.75, 3.05) is 0 Å². The molecule has 6 aromatic carbocycles. The molecular formula is C44H36N2S. The summed E-state index contributed by atoms with van der Waals surface area (Å²) in [6, 6.07) is 45.5. The van der Waals surface area contributed by atoms with Crippen molar-refractivity contribution in [2.45, 2.75) is 51.4 Å². The number of thiophene rings is 1. The van der Waals surface area contributed by atoms with E-state index in [-0.39, 0.29) is 10.8 Å². The van der Waals surface area contributed by atoms with Gasteiger partial charge in [-0.3, -0.25) is 0 Å². The van der Waals surface area contributed by atoms with Crippen LogP contribution in [0, 0.1) is 0 Å². The minimum Gasteiger partial charge on any atom is -0.307 e. The molecule has 3 heteroatoms. The monoisotopic (exact) mass is 624 g/mol. The molecule has 3 heterocycles. The van der Waals surface area contributed by atoms with Crippen molar-refractivity contribution in [1.82, 2.24) is 9.13 Å². The number of hydrogen-bond donors (Lipinski definition) is 0. The van der Waals surface area contributed by atoms with Crippen molar-refractivity contribution in [2.24, 2.45) is 0 Å². The molecule has 0 atom stereocenters. The fourth-order valence-corrected chi connectivity index (χ4v) is 9.82. The van der Waals surface area contributed by atoms with E-state index >= 15 is 0 Å². The molecule has 0 fully saturated rings. The van der Waals surface area contributed by atoms with E-state index in [2.05, 4.69) is 158 Å². The van der Waals surface area contributed by atoms with Gasteiger partial charge in [0, 0.05) is 42.7 Å². The molecule has 2 nitrogen and oxygen atoms in total. The van der Waals surface area contributed by atoms with Crippen LogP contribution in [0.4, 0.5) is 0 Å². The quantitative estimate of drug-likeness (QED) is 0.181. The van der Waals surface area contributed by atoms with Crippen LogP contribution < -0.4 is 0 Å². The zero-order valence-corrected chi connectivity index (χ0v) is 28.1. The predicted molar refractivity (Wildman–Crippen MR) is 203 cm³/mol. The van der Waals surface area contributed by atoms with Crippen molar-refractivity contribution >= 4 is 75.1 Å².